The summed E-state index contributed by atoms with van der Waals surface area (Å²) < 4.78 is 10.7. The molecular weight excluding hydrogens is 256 g/mol. The maximum atomic E-state index is 11.4. The van der Waals surface area contributed by atoms with Crippen molar-refractivity contribution in [3.8, 4) is 0 Å². The second-order valence-electron chi connectivity index (χ2n) is 5.84. The summed E-state index contributed by atoms with van der Waals surface area (Å²) in [5.74, 6) is 1.06. The molecule has 0 aliphatic heterocycles. The van der Waals surface area contributed by atoms with Crippen LogP contribution in [-0.4, -0.2) is 38.0 Å². The van der Waals surface area contributed by atoms with Crippen molar-refractivity contribution in [3.63, 3.8) is 0 Å². The van der Waals surface area contributed by atoms with E-state index in [1.165, 1.54) is 0 Å². The Kier molecular flexibility index (Phi) is 11.6. The van der Waals surface area contributed by atoms with Crippen LogP contribution < -0.4 is 0 Å². The standard InChI is InChI=1S/C16H30O4/c1-13(2)12-15(17)6-5-8-19-10-11-20-9-7-16(18)14(3)4/h13-14H,5-12H2,1-4H3. The highest BCUT2D eigenvalue weighted by molar-refractivity contribution is 5.80. The van der Waals surface area contributed by atoms with Gasteiger partial charge in [-0.2, -0.15) is 0 Å². The zero-order valence-electron chi connectivity index (χ0n) is 13.4. The Morgan fingerprint density at radius 1 is 0.850 bits per heavy atom. The van der Waals surface area contributed by atoms with E-state index in [1.807, 2.05) is 13.8 Å². The second-order valence-corrected chi connectivity index (χ2v) is 5.84. The molecule has 0 spiro atoms. The summed E-state index contributed by atoms with van der Waals surface area (Å²) in [6.45, 7) is 9.98. The lowest BCUT2D eigenvalue weighted by molar-refractivity contribution is -0.123. The number of carbonyl (C=O) groups is 2. The Bertz CT molecular complexity index is 272. The summed E-state index contributed by atoms with van der Waals surface area (Å²) in [5.41, 5.74) is 0. The van der Waals surface area contributed by atoms with Gasteiger partial charge in [0.2, 0.25) is 0 Å². The molecule has 4 heteroatoms. The Hall–Kier alpha value is -0.740. The molecule has 0 aromatic rings. The summed E-state index contributed by atoms with van der Waals surface area (Å²) in [6.07, 6.45) is 2.51. The molecule has 0 rings (SSSR count). The first-order valence-corrected chi connectivity index (χ1v) is 7.63. The summed E-state index contributed by atoms with van der Waals surface area (Å²) in [5, 5.41) is 0. The minimum Gasteiger partial charge on any atom is -0.379 e. The van der Waals surface area contributed by atoms with Gasteiger partial charge >= 0.3 is 0 Å². The zero-order chi connectivity index (χ0) is 15.4. The number of hydrogen-bond acceptors (Lipinski definition) is 4. The average Bonchev–Trinajstić information content (AvgIpc) is 2.35. The lowest BCUT2D eigenvalue weighted by atomic mass is 10.0. The third-order valence-electron chi connectivity index (χ3n) is 2.89. The predicted octanol–water partition coefficient (Wildman–Crippen LogP) is 3.03. The maximum Gasteiger partial charge on any atom is 0.137 e. The minimum atomic E-state index is 0.0817. The van der Waals surface area contributed by atoms with Gasteiger partial charge in [-0.25, -0.2) is 0 Å². The van der Waals surface area contributed by atoms with Crippen molar-refractivity contribution < 1.29 is 19.1 Å². The van der Waals surface area contributed by atoms with Crippen molar-refractivity contribution in [2.75, 3.05) is 26.4 Å². The molecule has 0 aromatic carbocycles. The molecule has 0 fully saturated rings. The number of Topliss-reactive ketones (excluding diaryl/α,β-unsaturated/α-hetero) is 2. The van der Waals surface area contributed by atoms with Crippen molar-refractivity contribution in [2.24, 2.45) is 11.8 Å². The normalized spacial score (nSPS) is 11.3. The van der Waals surface area contributed by atoms with E-state index in [9.17, 15) is 9.59 Å². The van der Waals surface area contributed by atoms with Gasteiger partial charge in [0.1, 0.15) is 11.6 Å². The van der Waals surface area contributed by atoms with Gasteiger partial charge in [-0.15, -0.1) is 0 Å². The number of hydrogen-bond donors (Lipinski definition) is 0. The van der Waals surface area contributed by atoms with Crippen molar-refractivity contribution in [1.29, 1.82) is 0 Å². The van der Waals surface area contributed by atoms with Crippen LogP contribution in [0.3, 0.4) is 0 Å². The van der Waals surface area contributed by atoms with E-state index in [-0.39, 0.29) is 11.7 Å². The van der Waals surface area contributed by atoms with Crippen molar-refractivity contribution in [1.82, 2.24) is 0 Å². The molecule has 0 bridgehead atoms. The molecule has 0 N–H and O–H groups in total. The second kappa shape index (κ2) is 12.0. The molecule has 0 amide bonds. The molecule has 118 valence electrons. The molecule has 0 aliphatic carbocycles. The van der Waals surface area contributed by atoms with Crippen LogP contribution in [0.25, 0.3) is 0 Å². The number of rotatable bonds is 13. The van der Waals surface area contributed by atoms with Gasteiger partial charge in [0.05, 0.1) is 19.8 Å². The molecule has 0 heterocycles. The Labute approximate surface area is 123 Å². The van der Waals surface area contributed by atoms with E-state index in [1.54, 1.807) is 0 Å². The van der Waals surface area contributed by atoms with Crippen molar-refractivity contribution in [2.45, 2.75) is 53.4 Å². The van der Waals surface area contributed by atoms with Crippen molar-refractivity contribution >= 4 is 11.6 Å². The van der Waals surface area contributed by atoms with Gasteiger partial charge in [-0.05, 0) is 12.3 Å². The highest BCUT2D eigenvalue weighted by Gasteiger charge is 2.06. The first-order valence-electron chi connectivity index (χ1n) is 7.63. The topological polar surface area (TPSA) is 52.6 Å². The zero-order valence-corrected chi connectivity index (χ0v) is 13.4. The maximum absolute atomic E-state index is 11.4. The lowest BCUT2D eigenvalue weighted by Crippen LogP contribution is -2.12. The molecule has 4 nitrogen and oxygen atoms in total. The van der Waals surface area contributed by atoms with Gasteiger partial charge in [-0.1, -0.05) is 27.7 Å². The molecule has 20 heavy (non-hydrogen) atoms. The fourth-order valence-electron chi connectivity index (χ4n) is 1.71. The summed E-state index contributed by atoms with van der Waals surface area (Å²) in [7, 11) is 0. The molecule has 0 saturated carbocycles. The highest BCUT2D eigenvalue weighted by atomic mass is 16.5. The van der Waals surface area contributed by atoms with Gasteiger partial charge in [0, 0.05) is 31.8 Å². The number of carbonyl (C=O) groups excluding carboxylic acids is 2. The predicted molar refractivity (Wildman–Crippen MR) is 79.8 cm³/mol. The third-order valence-corrected chi connectivity index (χ3v) is 2.89. The van der Waals surface area contributed by atoms with Gasteiger partial charge in [-0.3, -0.25) is 9.59 Å². The molecule has 0 saturated heterocycles. The summed E-state index contributed by atoms with van der Waals surface area (Å²) in [4.78, 5) is 22.7. The largest absolute Gasteiger partial charge is 0.379 e. The van der Waals surface area contributed by atoms with Crippen LogP contribution >= 0.6 is 0 Å². The lowest BCUT2D eigenvalue weighted by Gasteiger charge is -2.07. The summed E-state index contributed by atoms with van der Waals surface area (Å²) in [6, 6.07) is 0. The van der Waals surface area contributed by atoms with Crippen LogP contribution in [0.5, 0.6) is 0 Å². The van der Waals surface area contributed by atoms with Gasteiger partial charge in [0.15, 0.2) is 0 Å². The Balaban J connectivity index is 3.25. The van der Waals surface area contributed by atoms with E-state index in [0.717, 1.165) is 6.42 Å². The van der Waals surface area contributed by atoms with Gasteiger partial charge < -0.3 is 9.47 Å². The van der Waals surface area contributed by atoms with E-state index in [0.29, 0.717) is 57.4 Å². The highest BCUT2D eigenvalue weighted by Crippen LogP contribution is 2.04. The first-order chi connectivity index (χ1) is 9.43. The Morgan fingerprint density at radius 3 is 2.00 bits per heavy atom. The van der Waals surface area contributed by atoms with E-state index in [2.05, 4.69) is 13.8 Å². The van der Waals surface area contributed by atoms with Crippen LogP contribution in [0.4, 0.5) is 0 Å². The quantitative estimate of drug-likeness (QED) is 0.488. The van der Waals surface area contributed by atoms with E-state index in [4.69, 9.17) is 9.47 Å². The molecule has 0 aromatic heterocycles. The number of ether oxygens (including phenoxy) is 2. The molecule has 0 aliphatic rings. The van der Waals surface area contributed by atoms with E-state index < -0.39 is 0 Å². The SMILES string of the molecule is CC(C)CC(=O)CCCOCCOCCC(=O)C(C)C. The summed E-state index contributed by atoms with van der Waals surface area (Å²) >= 11 is 0. The monoisotopic (exact) mass is 286 g/mol. The smallest absolute Gasteiger partial charge is 0.137 e. The molecule has 0 unspecified atom stereocenters. The number of ketones is 2. The van der Waals surface area contributed by atoms with Gasteiger partial charge in [0.25, 0.3) is 0 Å². The van der Waals surface area contributed by atoms with Crippen LogP contribution in [0.15, 0.2) is 0 Å². The fourth-order valence-corrected chi connectivity index (χ4v) is 1.71. The first kappa shape index (κ1) is 19.3. The average molecular weight is 286 g/mol. The van der Waals surface area contributed by atoms with Crippen LogP contribution in [0.2, 0.25) is 0 Å². The molecule has 0 radical (unpaired) electrons. The Morgan fingerprint density at radius 2 is 1.45 bits per heavy atom. The third kappa shape index (κ3) is 12.3. The van der Waals surface area contributed by atoms with E-state index >= 15 is 0 Å². The van der Waals surface area contributed by atoms with Crippen LogP contribution in [-0.2, 0) is 19.1 Å². The molecular formula is C16H30O4. The van der Waals surface area contributed by atoms with Crippen LogP contribution in [0.1, 0.15) is 53.4 Å². The minimum absolute atomic E-state index is 0.0817. The van der Waals surface area contributed by atoms with Crippen LogP contribution in [0, 0.1) is 11.8 Å². The molecule has 0 atom stereocenters. The van der Waals surface area contributed by atoms with Crippen molar-refractivity contribution in [3.05, 3.63) is 0 Å². The fraction of sp³-hybridized carbons (Fsp3) is 0.875.